The third kappa shape index (κ3) is 2.02. The fourth-order valence-electron chi connectivity index (χ4n) is 1.60. The second kappa shape index (κ2) is 4.37. The normalized spacial score (nSPS) is 10.4. The number of nitrogens with zero attached hydrogens (tertiary/aromatic N) is 2. The SMILES string of the molecule is CC(=O)c1cnn(-c2ccc(I)cc2)c1C. The second-order valence-corrected chi connectivity index (χ2v) is 4.83. The van der Waals surface area contributed by atoms with Gasteiger partial charge in [0.2, 0.25) is 0 Å². The van der Waals surface area contributed by atoms with Gasteiger partial charge in [0.05, 0.1) is 23.1 Å². The zero-order valence-electron chi connectivity index (χ0n) is 9.07. The van der Waals surface area contributed by atoms with Gasteiger partial charge in [-0.15, -0.1) is 0 Å². The number of aromatic nitrogens is 2. The predicted octanol–water partition coefficient (Wildman–Crippen LogP) is 2.99. The average molecular weight is 326 g/mol. The lowest BCUT2D eigenvalue weighted by atomic mass is 10.2. The molecule has 0 saturated heterocycles. The van der Waals surface area contributed by atoms with E-state index in [-0.39, 0.29) is 5.78 Å². The molecule has 1 heterocycles. The quantitative estimate of drug-likeness (QED) is 0.628. The van der Waals surface area contributed by atoms with Crippen LogP contribution in [0.3, 0.4) is 0 Å². The van der Waals surface area contributed by atoms with Gasteiger partial charge < -0.3 is 0 Å². The largest absolute Gasteiger partial charge is 0.294 e. The highest BCUT2D eigenvalue weighted by atomic mass is 127. The lowest BCUT2D eigenvalue weighted by molar-refractivity contribution is 0.101. The Morgan fingerprint density at radius 3 is 2.44 bits per heavy atom. The minimum Gasteiger partial charge on any atom is -0.294 e. The Morgan fingerprint density at radius 2 is 1.94 bits per heavy atom. The summed E-state index contributed by atoms with van der Waals surface area (Å²) in [5.41, 5.74) is 2.54. The molecule has 0 radical (unpaired) electrons. The van der Waals surface area contributed by atoms with E-state index in [0.29, 0.717) is 5.56 Å². The maximum Gasteiger partial charge on any atom is 0.163 e. The molecular weight excluding hydrogens is 315 g/mol. The van der Waals surface area contributed by atoms with Crippen molar-refractivity contribution in [1.29, 1.82) is 0 Å². The number of hydrogen-bond donors (Lipinski definition) is 0. The summed E-state index contributed by atoms with van der Waals surface area (Å²) < 4.78 is 2.96. The van der Waals surface area contributed by atoms with E-state index in [2.05, 4.69) is 27.7 Å². The van der Waals surface area contributed by atoms with Gasteiger partial charge >= 0.3 is 0 Å². The topological polar surface area (TPSA) is 34.9 Å². The highest BCUT2D eigenvalue weighted by Gasteiger charge is 2.10. The van der Waals surface area contributed by atoms with Crippen LogP contribution >= 0.6 is 22.6 Å². The van der Waals surface area contributed by atoms with E-state index >= 15 is 0 Å². The smallest absolute Gasteiger partial charge is 0.163 e. The van der Waals surface area contributed by atoms with E-state index in [0.717, 1.165) is 11.4 Å². The summed E-state index contributed by atoms with van der Waals surface area (Å²) in [4.78, 5) is 11.3. The van der Waals surface area contributed by atoms with Crippen LogP contribution in [0.2, 0.25) is 0 Å². The summed E-state index contributed by atoms with van der Waals surface area (Å²) in [6, 6.07) is 8.02. The average Bonchev–Trinajstić information content (AvgIpc) is 2.61. The van der Waals surface area contributed by atoms with E-state index < -0.39 is 0 Å². The lowest BCUT2D eigenvalue weighted by Gasteiger charge is -2.04. The van der Waals surface area contributed by atoms with Gasteiger partial charge in [-0.3, -0.25) is 4.79 Å². The molecule has 1 aromatic carbocycles. The monoisotopic (exact) mass is 326 g/mol. The minimum atomic E-state index is 0.0502. The Labute approximate surface area is 108 Å². The van der Waals surface area contributed by atoms with E-state index in [1.165, 1.54) is 3.57 Å². The zero-order valence-corrected chi connectivity index (χ0v) is 11.2. The van der Waals surface area contributed by atoms with Crippen LogP contribution in [0.15, 0.2) is 30.5 Å². The van der Waals surface area contributed by atoms with Gasteiger partial charge in [0.1, 0.15) is 0 Å². The highest BCUT2D eigenvalue weighted by Crippen LogP contribution is 2.15. The molecule has 0 aliphatic carbocycles. The third-order valence-electron chi connectivity index (χ3n) is 2.46. The Bertz CT molecular complexity index is 528. The first kappa shape index (κ1) is 11.3. The van der Waals surface area contributed by atoms with Crippen LogP contribution in [0.5, 0.6) is 0 Å². The van der Waals surface area contributed by atoms with E-state index in [4.69, 9.17) is 0 Å². The Hall–Kier alpha value is -1.17. The molecule has 0 saturated carbocycles. The van der Waals surface area contributed by atoms with Gasteiger partial charge in [-0.25, -0.2) is 4.68 Å². The third-order valence-corrected chi connectivity index (χ3v) is 3.18. The molecule has 0 bridgehead atoms. The molecule has 0 fully saturated rings. The molecule has 0 unspecified atom stereocenters. The van der Waals surface area contributed by atoms with Crippen molar-refractivity contribution in [2.75, 3.05) is 0 Å². The van der Waals surface area contributed by atoms with Crippen LogP contribution in [-0.2, 0) is 0 Å². The van der Waals surface area contributed by atoms with Crippen molar-refractivity contribution in [2.45, 2.75) is 13.8 Å². The van der Waals surface area contributed by atoms with Crippen LogP contribution in [0, 0.1) is 10.5 Å². The molecule has 0 N–H and O–H groups in total. The number of rotatable bonds is 2. The molecule has 0 aliphatic rings. The van der Waals surface area contributed by atoms with Crippen molar-refractivity contribution in [2.24, 2.45) is 0 Å². The Morgan fingerprint density at radius 1 is 1.31 bits per heavy atom. The highest BCUT2D eigenvalue weighted by molar-refractivity contribution is 14.1. The first-order valence-corrected chi connectivity index (χ1v) is 5.99. The molecule has 4 heteroatoms. The molecule has 2 aromatic rings. The molecule has 0 spiro atoms. The van der Waals surface area contributed by atoms with Crippen LogP contribution in [0.1, 0.15) is 23.0 Å². The molecule has 82 valence electrons. The summed E-state index contributed by atoms with van der Waals surface area (Å²) in [6.07, 6.45) is 1.62. The second-order valence-electron chi connectivity index (χ2n) is 3.59. The molecule has 3 nitrogen and oxygen atoms in total. The van der Waals surface area contributed by atoms with Crippen molar-refractivity contribution in [3.63, 3.8) is 0 Å². The van der Waals surface area contributed by atoms with Crippen LogP contribution in [0.25, 0.3) is 5.69 Å². The molecule has 1 aromatic heterocycles. The number of ketones is 1. The number of Topliss-reactive ketones (excluding diaryl/α,β-unsaturated/α-hetero) is 1. The standard InChI is InChI=1S/C12H11IN2O/c1-8-12(9(2)16)7-14-15(8)11-5-3-10(13)4-6-11/h3-7H,1-2H3. The predicted molar refractivity (Wildman–Crippen MR) is 71.0 cm³/mol. The fourth-order valence-corrected chi connectivity index (χ4v) is 1.96. The number of carbonyl (C=O) groups is 1. The molecule has 0 amide bonds. The van der Waals surface area contributed by atoms with Crippen LogP contribution in [-0.4, -0.2) is 15.6 Å². The Balaban J connectivity index is 2.49. The van der Waals surface area contributed by atoms with Gasteiger partial charge in [0, 0.05) is 3.57 Å². The molecule has 16 heavy (non-hydrogen) atoms. The maximum absolute atomic E-state index is 11.3. The molecule has 0 atom stereocenters. The number of halogens is 1. The van der Waals surface area contributed by atoms with E-state index in [1.54, 1.807) is 17.8 Å². The number of carbonyl (C=O) groups excluding carboxylic acids is 1. The lowest BCUT2D eigenvalue weighted by Crippen LogP contribution is -2.00. The van der Waals surface area contributed by atoms with Crippen LogP contribution < -0.4 is 0 Å². The Kier molecular flexibility index (Phi) is 3.09. The van der Waals surface area contributed by atoms with Crippen molar-refractivity contribution in [3.05, 3.63) is 45.3 Å². The van der Waals surface area contributed by atoms with Gasteiger partial charge in [-0.1, -0.05) is 0 Å². The van der Waals surface area contributed by atoms with Crippen molar-refractivity contribution in [1.82, 2.24) is 9.78 Å². The number of hydrogen-bond acceptors (Lipinski definition) is 2. The summed E-state index contributed by atoms with van der Waals surface area (Å²) >= 11 is 2.26. The van der Waals surface area contributed by atoms with Gasteiger partial charge in [0.15, 0.2) is 5.78 Å². The van der Waals surface area contributed by atoms with Gasteiger partial charge in [-0.05, 0) is 60.7 Å². The summed E-state index contributed by atoms with van der Waals surface area (Å²) in [5, 5.41) is 4.23. The fraction of sp³-hybridized carbons (Fsp3) is 0.167. The summed E-state index contributed by atoms with van der Waals surface area (Å²) in [5.74, 6) is 0.0502. The van der Waals surface area contributed by atoms with Gasteiger partial charge in [0.25, 0.3) is 0 Å². The van der Waals surface area contributed by atoms with E-state index in [1.807, 2.05) is 31.2 Å². The molecule has 0 aliphatic heterocycles. The summed E-state index contributed by atoms with van der Waals surface area (Å²) in [7, 11) is 0. The first-order valence-electron chi connectivity index (χ1n) is 4.91. The van der Waals surface area contributed by atoms with E-state index in [9.17, 15) is 4.79 Å². The van der Waals surface area contributed by atoms with Crippen molar-refractivity contribution in [3.8, 4) is 5.69 Å². The van der Waals surface area contributed by atoms with Gasteiger partial charge in [-0.2, -0.15) is 5.10 Å². The molecule has 2 rings (SSSR count). The van der Waals surface area contributed by atoms with Crippen molar-refractivity contribution < 1.29 is 4.79 Å². The minimum absolute atomic E-state index is 0.0502. The van der Waals surface area contributed by atoms with Crippen LogP contribution in [0.4, 0.5) is 0 Å². The molecular formula is C12H11IN2O. The van der Waals surface area contributed by atoms with Crippen molar-refractivity contribution >= 4 is 28.4 Å². The summed E-state index contributed by atoms with van der Waals surface area (Å²) in [6.45, 7) is 3.46. The maximum atomic E-state index is 11.3. The first-order chi connectivity index (χ1) is 7.59. The number of benzene rings is 1. The zero-order chi connectivity index (χ0) is 11.7.